The molecule has 1 aliphatic carbocycles. The molecule has 11 heteroatoms. The molecule has 2 aromatic carbocycles. The third-order valence-corrected chi connectivity index (χ3v) is 6.49. The minimum Gasteiger partial charge on any atom is -0.393 e. The topological polar surface area (TPSA) is 95.5 Å². The number of nitrogens with one attached hydrogen (secondary N) is 2. The van der Waals surface area contributed by atoms with E-state index in [0.717, 1.165) is 6.07 Å². The molecule has 1 amide bonds. The molecule has 0 heterocycles. The molecular formula is C20H20F4N2O4S. The molecule has 0 bridgehead atoms. The number of rotatable bonds is 6. The van der Waals surface area contributed by atoms with Crippen LogP contribution in [0.4, 0.5) is 23.2 Å². The molecule has 3 N–H and O–H groups in total. The van der Waals surface area contributed by atoms with Gasteiger partial charge >= 0.3 is 0 Å². The van der Waals surface area contributed by atoms with Gasteiger partial charge < -0.3 is 10.4 Å². The van der Waals surface area contributed by atoms with Crippen LogP contribution in [0.25, 0.3) is 0 Å². The van der Waals surface area contributed by atoms with Gasteiger partial charge in [-0.25, -0.2) is 30.7 Å². The summed E-state index contributed by atoms with van der Waals surface area (Å²) in [5.74, 6) is -4.14. The maximum atomic E-state index is 13.6. The van der Waals surface area contributed by atoms with E-state index in [0.29, 0.717) is 37.8 Å². The predicted octanol–water partition coefficient (Wildman–Crippen LogP) is 3.74. The average Bonchev–Trinajstić information content (AvgIpc) is 2.72. The monoisotopic (exact) mass is 460 g/mol. The van der Waals surface area contributed by atoms with E-state index in [1.165, 1.54) is 18.2 Å². The van der Waals surface area contributed by atoms with Gasteiger partial charge in [0.1, 0.15) is 0 Å². The number of alkyl halides is 2. The van der Waals surface area contributed by atoms with Crippen molar-refractivity contribution < 1.29 is 35.9 Å². The molecule has 1 fully saturated rings. The van der Waals surface area contributed by atoms with Gasteiger partial charge in [0, 0.05) is 23.4 Å². The van der Waals surface area contributed by atoms with Gasteiger partial charge in [-0.05, 0) is 49.9 Å². The predicted molar refractivity (Wildman–Crippen MR) is 104 cm³/mol. The minimum absolute atomic E-state index is 0.120. The number of sulfonamides is 1. The van der Waals surface area contributed by atoms with Gasteiger partial charge in [-0.3, -0.25) is 4.79 Å². The van der Waals surface area contributed by atoms with Crippen molar-refractivity contribution in [1.29, 1.82) is 0 Å². The van der Waals surface area contributed by atoms with Gasteiger partial charge in [-0.15, -0.1) is 0 Å². The summed E-state index contributed by atoms with van der Waals surface area (Å²) < 4.78 is 80.5. The standard InChI is InChI=1S/C20H20F4N2O4S/c21-17-10-13(9-16(18(17)22)19(23)24)25-20(28)11-2-1-3-15(8-11)31(29,30)26-12-4-6-14(27)7-5-12/h1-3,8-10,12,14,19,26-27H,4-7H2,(H,25,28). The lowest BCUT2D eigenvalue weighted by Gasteiger charge is -2.26. The van der Waals surface area contributed by atoms with Crippen molar-refractivity contribution in [3.63, 3.8) is 0 Å². The number of hydrogen-bond acceptors (Lipinski definition) is 4. The van der Waals surface area contributed by atoms with Gasteiger partial charge in [-0.1, -0.05) is 6.07 Å². The highest BCUT2D eigenvalue weighted by atomic mass is 32.2. The summed E-state index contributed by atoms with van der Waals surface area (Å²) in [6.07, 6.45) is -1.83. The molecule has 0 aromatic heterocycles. The van der Waals surface area contributed by atoms with Crippen LogP contribution in [-0.2, 0) is 10.0 Å². The van der Waals surface area contributed by atoms with Crippen LogP contribution in [0.1, 0.15) is 48.0 Å². The van der Waals surface area contributed by atoms with Crippen molar-refractivity contribution in [2.24, 2.45) is 0 Å². The Balaban J connectivity index is 1.77. The molecule has 3 rings (SSSR count). The fourth-order valence-electron chi connectivity index (χ4n) is 3.33. The van der Waals surface area contributed by atoms with Crippen LogP contribution < -0.4 is 10.0 Å². The van der Waals surface area contributed by atoms with E-state index in [-0.39, 0.29) is 16.5 Å². The zero-order chi connectivity index (χ0) is 22.8. The van der Waals surface area contributed by atoms with E-state index >= 15 is 0 Å². The van der Waals surface area contributed by atoms with E-state index in [1.54, 1.807) is 0 Å². The second kappa shape index (κ2) is 9.33. The van der Waals surface area contributed by atoms with Gasteiger partial charge in [0.25, 0.3) is 12.3 Å². The number of hydrogen-bond donors (Lipinski definition) is 3. The number of aliphatic hydroxyl groups excluding tert-OH is 1. The number of carbonyl (C=O) groups is 1. The Morgan fingerprint density at radius 1 is 1.06 bits per heavy atom. The lowest BCUT2D eigenvalue weighted by Crippen LogP contribution is -2.38. The molecule has 0 spiro atoms. The summed E-state index contributed by atoms with van der Waals surface area (Å²) in [6, 6.07) is 5.80. The zero-order valence-electron chi connectivity index (χ0n) is 16.1. The maximum Gasteiger partial charge on any atom is 0.266 e. The molecule has 0 aliphatic heterocycles. The van der Waals surface area contributed by atoms with E-state index in [4.69, 9.17) is 0 Å². The smallest absolute Gasteiger partial charge is 0.266 e. The highest BCUT2D eigenvalue weighted by molar-refractivity contribution is 7.89. The summed E-state index contributed by atoms with van der Waals surface area (Å²) in [7, 11) is -3.96. The van der Waals surface area contributed by atoms with Crippen molar-refractivity contribution >= 4 is 21.6 Å². The minimum atomic E-state index is -3.96. The van der Waals surface area contributed by atoms with Crippen molar-refractivity contribution in [3.8, 4) is 0 Å². The van der Waals surface area contributed by atoms with Crippen molar-refractivity contribution in [2.75, 3.05) is 5.32 Å². The Kier molecular flexibility index (Phi) is 6.97. The normalized spacial score (nSPS) is 19.4. The number of amides is 1. The molecule has 2 aromatic rings. The summed E-state index contributed by atoms with van der Waals surface area (Å²) >= 11 is 0. The first-order valence-electron chi connectivity index (χ1n) is 9.45. The molecule has 1 aliphatic rings. The molecule has 0 atom stereocenters. The molecule has 31 heavy (non-hydrogen) atoms. The summed E-state index contributed by atoms with van der Waals surface area (Å²) in [4.78, 5) is 12.2. The van der Waals surface area contributed by atoms with Crippen LogP contribution in [0.5, 0.6) is 0 Å². The number of aliphatic hydroxyl groups is 1. The Bertz CT molecular complexity index is 1070. The van der Waals surface area contributed by atoms with Crippen LogP contribution >= 0.6 is 0 Å². The third-order valence-electron chi connectivity index (χ3n) is 4.97. The molecular weight excluding hydrogens is 440 g/mol. The van der Waals surface area contributed by atoms with Gasteiger partial charge in [0.2, 0.25) is 10.0 Å². The number of halogens is 4. The molecule has 0 saturated heterocycles. The molecule has 0 radical (unpaired) electrons. The van der Waals surface area contributed by atoms with Crippen molar-refractivity contribution in [3.05, 3.63) is 59.2 Å². The molecule has 1 saturated carbocycles. The zero-order valence-corrected chi connectivity index (χ0v) is 16.9. The van der Waals surface area contributed by atoms with Crippen LogP contribution in [0.15, 0.2) is 41.3 Å². The van der Waals surface area contributed by atoms with Crippen LogP contribution in [0.3, 0.4) is 0 Å². The summed E-state index contributed by atoms with van der Waals surface area (Å²) in [5, 5.41) is 11.7. The van der Waals surface area contributed by atoms with E-state index in [1.807, 2.05) is 0 Å². The molecule has 0 unspecified atom stereocenters. The Hall–Kier alpha value is -2.50. The SMILES string of the molecule is O=C(Nc1cc(F)c(F)c(C(F)F)c1)c1cccc(S(=O)(=O)NC2CCC(O)CC2)c1. The van der Waals surface area contributed by atoms with E-state index in [2.05, 4.69) is 10.0 Å². The Morgan fingerprint density at radius 2 is 1.74 bits per heavy atom. The first-order valence-corrected chi connectivity index (χ1v) is 10.9. The fourth-order valence-corrected chi connectivity index (χ4v) is 4.68. The van der Waals surface area contributed by atoms with Gasteiger partial charge in [-0.2, -0.15) is 0 Å². The highest BCUT2D eigenvalue weighted by Crippen LogP contribution is 2.28. The lowest BCUT2D eigenvalue weighted by molar-refractivity contribution is 0.102. The van der Waals surface area contributed by atoms with Crippen LogP contribution in [0.2, 0.25) is 0 Å². The highest BCUT2D eigenvalue weighted by Gasteiger charge is 2.25. The van der Waals surface area contributed by atoms with Crippen LogP contribution in [0, 0.1) is 11.6 Å². The fraction of sp³-hybridized carbons (Fsp3) is 0.350. The van der Waals surface area contributed by atoms with Crippen molar-refractivity contribution in [2.45, 2.75) is 49.2 Å². The lowest BCUT2D eigenvalue weighted by atomic mass is 9.94. The Labute approximate surface area is 176 Å². The Morgan fingerprint density at radius 3 is 2.39 bits per heavy atom. The second-order valence-corrected chi connectivity index (χ2v) is 8.98. The van der Waals surface area contributed by atoms with E-state index < -0.39 is 51.3 Å². The van der Waals surface area contributed by atoms with Gasteiger partial charge in [0.15, 0.2) is 11.6 Å². The van der Waals surface area contributed by atoms with Crippen molar-refractivity contribution in [1.82, 2.24) is 4.72 Å². The largest absolute Gasteiger partial charge is 0.393 e. The van der Waals surface area contributed by atoms with Gasteiger partial charge in [0.05, 0.1) is 16.6 Å². The molecule has 168 valence electrons. The maximum absolute atomic E-state index is 13.6. The number of benzene rings is 2. The van der Waals surface area contributed by atoms with E-state index in [9.17, 15) is 35.9 Å². The first-order chi connectivity index (χ1) is 14.6. The summed E-state index contributed by atoms with van der Waals surface area (Å²) in [5.41, 5.74) is -1.72. The number of carbonyl (C=O) groups excluding carboxylic acids is 1. The summed E-state index contributed by atoms with van der Waals surface area (Å²) in [6.45, 7) is 0. The molecule has 6 nitrogen and oxygen atoms in total. The quantitative estimate of drug-likeness (QED) is 0.573. The average molecular weight is 460 g/mol. The number of anilines is 1. The second-order valence-electron chi connectivity index (χ2n) is 7.27. The van der Waals surface area contributed by atoms with Crippen LogP contribution in [-0.4, -0.2) is 31.6 Å². The first kappa shape index (κ1) is 23.2. The third kappa shape index (κ3) is 5.60.